The third kappa shape index (κ3) is 3.31. The van der Waals surface area contributed by atoms with E-state index in [1.54, 1.807) is 13.0 Å². The van der Waals surface area contributed by atoms with Gasteiger partial charge in [0.2, 0.25) is 11.9 Å². The van der Waals surface area contributed by atoms with Crippen molar-refractivity contribution in [3.05, 3.63) is 29.6 Å². The number of aryl methyl sites for hydroxylation is 1. The van der Waals surface area contributed by atoms with Crippen molar-refractivity contribution in [3.63, 3.8) is 0 Å². The molecule has 1 aromatic carbocycles. The van der Waals surface area contributed by atoms with Gasteiger partial charge in [-0.15, -0.1) is 0 Å². The van der Waals surface area contributed by atoms with Crippen LogP contribution in [-0.2, 0) is 0 Å². The molecule has 7 heteroatoms. The highest BCUT2D eigenvalue weighted by atomic mass is 19.1. The van der Waals surface area contributed by atoms with Crippen molar-refractivity contribution in [2.24, 2.45) is 0 Å². The van der Waals surface area contributed by atoms with Crippen LogP contribution >= 0.6 is 0 Å². The summed E-state index contributed by atoms with van der Waals surface area (Å²) in [4.78, 5) is 12.4. The third-order valence-corrected chi connectivity index (χ3v) is 2.57. The minimum absolute atomic E-state index is 0.207. The second-order valence-corrected chi connectivity index (χ2v) is 4.08. The SMILES string of the molecule is CCNc1nc(Nc2ccc(F)cc2C)nc(OC)n1. The molecule has 106 valence electrons. The topological polar surface area (TPSA) is 72.0 Å². The Morgan fingerprint density at radius 2 is 1.95 bits per heavy atom. The number of hydrogen-bond acceptors (Lipinski definition) is 6. The van der Waals surface area contributed by atoms with Crippen LogP contribution < -0.4 is 15.4 Å². The molecule has 2 N–H and O–H groups in total. The molecule has 0 radical (unpaired) electrons. The lowest BCUT2D eigenvalue weighted by molar-refractivity contribution is 0.379. The Balaban J connectivity index is 2.29. The summed E-state index contributed by atoms with van der Waals surface area (Å²) in [6, 6.07) is 4.65. The molecule has 0 bridgehead atoms. The monoisotopic (exact) mass is 277 g/mol. The Bertz CT molecular complexity index is 605. The zero-order valence-corrected chi connectivity index (χ0v) is 11.6. The molecule has 0 unspecified atom stereocenters. The molecule has 0 saturated carbocycles. The smallest absolute Gasteiger partial charge is 0.322 e. The zero-order chi connectivity index (χ0) is 14.5. The van der Waals surface area contributed by atoms with Crippen molar-refractivity contribution in [2.45, 2.75) is 13.8 Å². The van der Waals surface area contributed by atoms with Crippen LogP contribution in [0.25, 0.3) is 0 Å². The van der Waals surface area contributed by atoms with Crippen molar-refractivity contribution in [3.8, 4) is 6.01 Å². The second-order valence-electron chi connectivity index (χ2n) is 4.08. The van der Waals surface area contributed by atoms with Crippen LogP contribution in [0, 0.1) is 12.7 Å². The van der Waals surface area contributed by atoms with Gasteiger partial charge in [-0.3, -0.25) is 0 Å². The number of halogens is 1. The quantitative estimate of drug-likeness (QED) is 0.875. The summed E-state index contributed by atoms with van der Waals surface area (Å²) in [6.45, 7) is 4.42. The van der Waals surface area contributed by atoms with Gasteiger partial charge in [-0.25, -0.2) is 4.39 Å². The molecule has 0 aliphatic carbocycles. The lowest BCUT2D eigenvalue weighted by atomic mass is 10.2. The van der Waals surface area contributed by atoms with Gasteiger partial charge in [0.25, 0.3) is 0 Å². The van der Waals surface area contributed by atoms with Crippen LogP contribution in [-0.4, -0.2) is 28.6 Å². The van der Waals surface area contributed by atoms with E-state index >= 15 is 0 Å². The summed E-state index contributed by atoms with van der Waals surface area (Å²) in [6.07, 6.45) is 0. The molecule has 6 nitrogen and oxygen atoms in total. The van der Waals surface area contributed by atoms with E-state index in [-0.39, 0.29) is 11.8 Å². The van der Waals surface area contributed by atoms with E-state index < -0.39 is 0 Å². The first-order valence-corrected chi connectivity index (χ1v) is 6.19. The average Bonchev–Trinajstić information content (AvgIpc) is 2.42. The minimum Gasteiger partial charge on any atom is -0.467 e. The summed E-state index contributed by atoms with van der Waals surface area (Å²) in [5.74, 6) is 0.471. The predicted octanol–water partition coefficient (Wildman–Crippen LogP) is 2.50. The summed E-state index contributed by atoms with van der Waals surface area (Å²) in [5, 5.41) is 6.01. The number of anilines is 3. The normalized spacial score (nSPS) is 10.2. The highest BCUT2D eigenvalue weighted by Crippen LogP contribution is 2.20. The average molecular weight is 277 g/mol. The van der Waals surface area contributed by atoms with Crippen LogP contribution in [0.1, 0.15) is 12.5 Å². The third-order valence-electron chi connectivity index (χ3n) is 2.57. The van der Waals surface area contributed by atoms with E-state index in [1.165, 1.54) is 19.2 Å². The molecule has 1 aromatic heterocycles. The molecule has 2 rings (SSSR count). The first-order chi connectivity index (χ1) is 9.62. The van der Waals surface area contributed by atoms with Gasteiger partial charge >= 0.3 is 6.01 Å². The Morgan fingerprint density at radius 3 is 2.60 bits per heavy atom. The molecular weight excluding hydrogens is 261 g/mol. The van der Waals surface area contributed by atoms with Crippen molar-refractivity contribution in [1.82, 2.24) is 15.0 Å². The van der Waals surface area contributed by atoms with Crippen LogP contribution in [0.5, 0.6) is 6.01 Å². The molecule has 0 saturated heterocycles. The van der Waals surface area contributed by atoms with Crippen molar-refractivity contribution < 1.29 is 9.13 Å². The lowest BCUT2D eigenvalue weighted by Crippen LogP contribution is -2.08. The Hall–Kier alpha value is -2.44. The summed E-state index contributed by atoms with van der Waals surface area (Å²) in [5.41, 5.74) is 1.48. The van der Waals surface area contributed by atoms with Gasteiger partial charge in [0, 0.05) is 12.2 Å². The van der Waals surface area contributed by atoms with E-state index in [2.05, 4.69) is 25.6 Å². The minimum atomic E-state index is -0.283. The molecule has 2 aromatic rings. The van der Waals surface area contributed by atoms with E-state index in [1.807, 2.05) is 6.92 Å². The fraction of sp³-hybridized carbons (Fsp3) is 0.308. The number of nitrogens with zero attached hydrogens (tertiary/aromatic N) is 3. The maximum Gasteiger partial charge on any atom is 0.322 e. The number of methoxy groups -OCH3 is 1. The van der Waals surface area contributed by atoms with E-state index in [4.69, 9.17) is 4.74 Å². The largest absolute Gasteiger partial charge is 0.467 e. The Labute approximate surface area is 116 Å². The molecule has 0 aliphatic rings. The highest BCUT2D eigenvalue weighted by molar-refractivity contribution is 5.58. The number of rotatable bonds is 5. The standard InChI is InChI=1S/C13H16FN5O/c1-4-15-11-17-12(19-13(18-11)20-3)16-10-6-5-9(14)7-8(10)2/h5-7H,4H2,1-3H3,(H2,15,16,17,18,19). The second kappa shape index (κ2) is 6.14. The Kier molecular flexibility index (Phi) is 4.29. The predicted molar refractivity (Wildman–Crippen MR) is 75.0 cm³/mol. The van der Waals surface area contributed by atoms with Gasteiger partial charge < -0.3 is 15.4 Å². The maximum atomic E-state index is 13.1. The van der Waals surface area contributed by atoms with Crippen molar-refractivity contribution in [1.29, 1.82) is 0 Å². The number of hydrogen-bond donors (Lipinski definition) is 2. The molecular formula is C13H16FN5O. The van der Waals surface area contributed by atoms with Gasteiger partial charge in [0.05, 0.1) is 7.11 Å². The number of aromatic nitrogens is 3. The van der Waals surface area contributed by atoms with Gasteiger partial charge in [-0.2, -0.15) is 15.0 Å². The van der Waals surface area contributed by atoms with Gasteiger partial charge in [-0.05, 0) is 37.6 Å². The van der Waals surface area contributed by atoms with Gasteiger partial charge in [0.1, 0.15) is 5.82 Å². The summed E-state index contributed by atoms with van der Waals surface area (Å²) >= 11 is 0. The lowest BCUT2D eigenvalue weighted by Gasteiger charge is -2.10. The Morgan fingerprint density at radius 1 is 1.20 bits per heavy atom. The first kappa shape index (κ1) is 14.0. The number of benzene rings is 1. The van der Waals surface area contributed by atoms with Gasteiger partial charge in [0.15, 0.2) is 0 Å². The van der Waals surface area contributed by atoms with E-state index in [9.17, 15) is 4.39 Å². The maximum absolute atomic E-state index is 13.1. The van der Waals surface area contributed by atoms with Gasteiger partial charge in [-0.1, -0.05) is 0 Å². The van der Waals surface area contributed by atoms with Crippen LogP contribution in [0.4, 0.5) is 22.0 Å². The molecule has 0 spiro atoms. The molecule has 0 fully saturated rings. The zero-order valence-electron chi connectivity index (χ0n) is 11.6. The fourth-order valence-electron chi connectivity index (χ4n) is 1.63. The van der Waals surface area contributed by atoms with Crippen LogP contribution in [0.15, 0.2) is 18.2 Å². The number of nitrogens with one attached hydrogen (secondary N) is 2. The summed E-state index contributed by atoms with van der Waals surface area (Å²) < 4.78 is 18.1. The molecule has 0 aliphatic heterocycles. The number of ether oxygens (including phenoxy) is 1. The van der Waals surface area contributed by atoms with Crippen molar-refractivity contribution in [2.75, 3.05) is 24.3 Å². The summed E-state index contributed by atoms with van der Waals surface area (Å²) in [7, 11) is 1.48. The fourth-order valence-corrected chi connectivity index (χ4v) is 1.63. The molecule has 0 amide bonds. The van der Waals surface area contributed by atoms with Crippen molar-refractivity contribution >= 4 is 17.6 Å². The van der Waals surface area contributed by atoms with E-state index in [0.29, 0.717) is 18.4 Å². The first-order valence-electron chi connectivity index (χ1n) is 6.19. The highest BCUT2D eigenvalue weighted by Gasteiger charge is 2.08. The molecule has 0 atom stereocenters. The molecule has 1 heterocycles. The van der Waals surface area contributed by atoms with Crippen LogP contribution in [0.2, 0.25) is 0 Å². The van der Waals surface area contributed by atoms with Crippen LogP contribution in [0.3, 0.4) is 0 Å². The molecule has 20 heavy (non-hydrogen) atoms. The van der Waals surface area contributed by atoms with E-state index in [0.717, 1.165) is 11.3 Å².